The Labute approximate surface area is 133 Å². The number of carbonyl (C=O) groups excluding carboxylic acids is 1. The molecule has 0 unspecified atom stereocenters. The monoisotopic (exact) mass is 316 g/mol. The van der Waals surface area contributed by atoms with Crippen molar-refractivity contribution in [3.8, 4) is 17.6 Å². The van der Waals surface area contributed by atoms with Crippen molar-refractivity contribution in [2.45, 2.75) is 0 Å². The zero-order valence-corrected chi connectivity index (χ0v) is 12.8. The Morgan fingerprint density at radius 1 is 1.18 bits per heavy atom. The average molecular weight is 317 g/mol. The molecule has 2 rings (SSSR count). The number of nitrogens with one attached hydrogen (secondary N) is 1. The molecule has 112 valence electrons. The van der Waals surface area contributed by atoms with Crippen LogP contribution in [-0.2, 0) is 0 Å². The van der Waals surface area contributed by atoms with Crippen LogP contribution < -0.4 is 14.8 Å². The lowest BCUT2D eigenvalue weighted by molar-refractivity contribution is 0.102. The minimum absolute atomic E-state index is 0.322. The fourth-order valence-corrected chi connectivity index (χ4v) is 2.08. The molecule has 1 amide bonds. The van der Waals surface area contributed by atoms with E-state index in [-0.39, 0.29) is 5.91 Å². The topological polar surface area (TPSA) is 71.3 Å². The van der Waals surface area contributed by atoms with Crippen LogP contribution in [-0.4, -0.2) is 20.1 Å². The number of anilines is 1. The summed E-state index contributed by atoms with van der Waals surface area (Å²) in [6, 6.07) is 11.5. The van der Waals surface area contributed by atoms with Gasteiger partial charge in [0.25, 0.3) is 5.91 Å². The molecule has 0 bridgehead atoms. The molecular weight excluding hydrogens is 304 g/mol. The summed E-state index contributed by atoms with van der Waals surface area (Å²) in [6.45, 7) is 0. The molecule has 0 heterocycles. The second-order valence-electron chi connectivity index (χ2n) is 4.33. The number of methoxy groups -OCH3 is 2. The van der Waals surface area contributed by atoms with Gasteiger partial charge in [0.1, 0.15) is 0 Å². The second-order valence-corrected chi connectivity index (χ2v) is 4.74. The minimum atomic E-state index is -0.369. The van der Waals surface area contributed by atoms with E-state index in [9.17, 15) is 4.79 Å². The number of ether oxygens (including phenoxy) is 2. The highest BCUT2D eigenvalue weighted by Gasteiger charge is 2.13. The number of carbonyl (C=O) groups is 1. The Morgan fingerprint density at radius 3 is 2.50 bits per heavy atom. The molecule has 0 atom stereocenters. The van der Waals surface area contributed by atoms with Crippen molar-refractivity contribution < 1.29 is 14.3 Å². The number of rotatable bonds is 4. The van der Waals surface area contributed by atoms with Crippen LogP contribution >= 0.6 is 11.6 Å². The predicted octanol–water partition coefficient (Wildman–Crippen LogP) is 3.48. The first kappa shape index (κ1) is 15.7. The normalized spacial score (nSPS) is 9.73. The van der Waals surface area contributed by atoms with E-state index in [2.05, 4.69) is 5.32 Å². The third kappa shape index (κ3) is 3.30. The lowest BCUT2D eigenvalue weighted by Gasteiger charge is -2.12. The minimum Gasteiger partial charge on any atom is -0.493 e. The third-order valence-corrected chi connectivity index (χ3v) is 3.29. The number of benzene rings is 2. The first-order chi connectivity index (χ1) is 10.6. The third-order valence-electron chi connectivity index (χ3n) is 2.98. The van der Waals surface area contributed by atoms with Crippen molar-refractivity contribution in [1.29, 1.82) is 5.26 Å². The molecule has 0 aromatic heterocycles. The van der Waals surface area contributed by atoms with Crippen molar-refractivity contribution >= 4 is 23.2 Å². The van der Waals surface area contributed by atoms with Crippen molar-refractivity contribution in [2.75, 3.05) is 19.5 Å². The van der Waals surface area contributed by atoms with E-state index in [0.717, 1.165) is 0 Å². The zero-order chi connectivity index (χ0) is 16.1. The summed E-state index contributed by atoms with van der Waals surface area (Å²) in [6.07, 6.45) is 0. The number of hydrogen-bond donors (Lipinski definition) is 1. The Hall–Kier alpha value is -2.71. The lowest BCUT2D eigenvalue weighted by atomic mass is 10.1. The van der Waals surface area contributed by atoms with Gasteiger partial charge in [-0.2, -0.15) is 5.26 Å². The average Bonchev–Trinajstić information content (AvgIpc) is 2.56. The molecule has 0 aliphatic heterocycles. The van der Waals surface area contributed by atoms with E-state index in [1.807, 2.05) is 6.07 Å². The Kier molecular flexibility index (Phi) is 4.87. The fraction of sp³-hybridized carbons (Fsp3) is 0.125. The molecule has 5 nitrogen and oxygen atoms in total. The van der Waals surface area contributed by atoms with Crippen molar-refractivity contribution in [1.82, 2.24) is 0 Å². The number of nitrogens with zero attached hydrogens (tertiary/aromatic N) is 1. The SMILES string of the molecule is COc1cc(Cl)c(NC(=O)c2cccc(C#N)c2)cc1OC. The molecule has 6 heteroatoms. The van der Waals surface area contributed by atoms with Crippen molar-refractivity contribution in [3.05, 3.63) is 52.5 Å². The Bertz CT molecular complexity index is 754. The van der Waals surface area contributed by atoms with Crippen LogP contribution in [0.4, 0.5) is 5.69 Å². The van der Waals surface area contributed by atoms with Gasteiger partial charge in [0.05, 0.1) is 36.6 Å². The van der Waals surface area contributed by atoms with Gasteiger partial charge in [-0.1, -0.05) is 17.7 Å². The van der Waals surface area contributed by atoms with E-state index >= 15 is 0 Å². The summed E-state index contributed by atoms with van der Waals surface area (Å²) >= 11 is 6.12. The van der Waals surface area contributed by atoms with Gasteiger partial charge in [-0.05, 0) is 18.2 Å². The van der Waals surface area contributed by atoms with Crippen LogP contribution in [0.25, 0.3) is 0 Å². The molecule has 0 saturated heterocycles. The van der Waals surface area contributed by atoms with Crippen LogP contribution in [0.15, 0.2) is 36.4 Å². The molecule has 0 fully saturated rings. The Morgan fingerprint density at radius 2 is 1.86 bits per heavy atom. The molecule has 0 saturated carbocycles. The number of amides is 1. The van der Waals surface area contributed by atoms with Gasteiger partial charge < -0.3 is 14.8 Å². The summed E-state index contributed by atoms with van der Waals surface area (Å²) < 4.78 is 10.3. The van der Waals surface area contributed by atoms with Crippen LogP contribution in [0.1, 0.15) is 15.9 Å². The number of hydrogen-bond acceptors (Lipinski definition) is 4. The zero-order valence-electron chi connectivity index (χ0n) is 12.0. The quantitative estimate of drug-likeness (QED) is 0.937. The van der Waals surface area contributed by atoms with Crippen molar-refractivity contribution in [2.24, 2.45) is 0 Å². The molecule has 1 N–H and O–H groups in total. The Balaban J connectivity index is 2.30. The maximum absolute atomic E-state index is 12.2. The van der Waals surface area contributed by atoms with Crippen LogP contribution in [0.3, 0.4) is 0 Å². The van der Waals surface area contributed by atoms with Crippen LogP contribution in [0, 0.1) is 11.3 Å². The van der Waals surface area contributed by atoms with Crippen LogP contribution in [0.2, 0.25) is 5.02 Å². The van der Waals surface area contributed by atoms with Crippen LogP contribution in [0.5, 0.6) is 11.5 Å². The highest BCUT2D eigenvalue weighted by molar-refractivity contribution is 6.34. The van der Waals surface area contributed by atoms with E-state index in [4.69, 9.17) is 26.3 Å². The van der Waals surface area contributed by atoms with Gasteiger partial charge in [-0.3, -0.25) is 4.79 Å². The standard InChI is InChI=1S/C16H13ClN2O3/c1-21-14-7-12(17)13(8-15(14)22-2)19-16(20)11-5-3-4-10(6-11)9-18/h3-8H,1-2H3,(H,19,20). The highest BCUT2D eigenvalue weighted by atomic mass is 35.5. The van der Waals surface area contributed by atoms with Gasteiger partial charge in [-0.25, -0.2) is 0 Å². The van der Waals surface area contributed by atoms with Gasteiger partial charge in [0, 0.05) is 17.7 Å². The number of nitriles is 1. The highest BCUT2D eigenvalue weighted by Crippen LogP contribution is 2.36. The molecule has 22 heavy (non-hydrogen) atoms. The van der Waals surface area contributed by atoms with Gasteiger partial charge in [-0.15, -0.1) is 0 Å². The summed E-state index contributed by atoms with van der Waals surface area (Å²) in [5, 5.41) is 11.9. The maximum atomic E-state index is 12.2. The predicted molar refractivity (Wildman–Crippen MR) is 83.7 cm³/mol. The second kappa shape index (κ2) is 6.83. The molecule has 2 aromatic rings. The van der Waals surface area contributed by atoms with E-state index in [1.54, 1.807) is 30.3 Å². The first-order valence-electron chi connectivity index (χ1n) is 6.32. The van der Waals surface area contributed by atoms with Gasteiger partial charge in [0.15, 0.2) is 11.5 Å². The van der Waals surface area contributed by atoms with Gasteiger partial charge in [0.2, 0.25) is 0 Å². The lowest BCUT2D eigenvalue weighted by Crippen LogP contribution is -2.12. The van der Waals surface area contributed by atoms with E-state index < -0.39 is 0 Å². The van der Waals surface area contributed by atoms with Gasteiger partial charge >= 0.3 is 0 Å². The van der Waals surface area contributed by atoms with E-state index in [0.29, 0.717) is 33.3 Å². The summed E-state index contributed by atoms with van der Waals surface area (Å²) in [7, 11) is 2.99. The maximum Gasteiger partial charge on any atom is 0.255 e. The summed E-state index contributed by atoms with van der Waals surface area (Å²) in [5.74, 6) is 0.552. The molecule has 2 aromatic carbocycles. The first-order valence-corrected chi connectivity index (χ1v) is 6.70. The smallest absolute Gasteiger partial charge is 0.255 e. The molecular formula is C16H13ClN2O3. The molecule has 0 aliphatic carbocycles. The molecule has 0 radical (unpaired) electrons. The fourth-order valence-electron chi connectivity index (χ4n) is 1.87. The molecule has 0 spiro atoms. The summed E-state index contributed by atoms with van der Waals surface area (Å²) in [4.78, 5) is 12.2. The summed E-state index contributed by atoms with van der Waals surface area (Å²) in [5.41, 5.74) is 1.17. The van der Waals surface area contributed by atoms with E-state index in [1.165, 1.54) is 20.3 Å². The van der Waals surface area contributed by atoms with Crippen molar-refractivity contribution in [3.63, 3.8) is 0 Å². The molecule has 0 aliphatic rings. The number of halogens is 1. The largest absolute Gasteiger partial charge is 0.493 e.